The fraction of sp³-hybridized carbons (Fsp3) is 0.500. The van der Waals surface area contributed by atoms with Gasteiger partial charge in [0.1, 0.15) is 0 Å². The topological polar surface area (TPSA) is 18.5 Å². The van der Waals surface area contributed by atoms with Gasteiger partial charge < -0.3 is 9.47 Å². The molecule has 1 aliphatic rings. The second kappa shape index (κ2) is 6.48. The lowest BCUT2D eigenvalue weighted by molar-refractivity contribution is 0.201. The Labute approximate surface area is 110 Å². The molecule has 0 spiro atoms. The molecule has 0 aromatic heterocycles. The Bertz CT molecular complexity index is 404. The molecule has 98 valence electrons. The molecule has 0 N–H and O–H groups in total. The van der Waals surface area contributed by atoms with E-state index in [1.165, 1.54) is 18.4 Å². The maximum Gasteiger partial charge on any atom is 0.162 e. The summed E-state index contributed by atoms with van der Waals surface area (Å²) >= 11 is 0. The lowest BCUT2D eigenvalue weighted by Crippen LogP contribution is -2.11. The van der Waals surface area contributed by atoms with Gasteiger partial charge in [0.15, 0.2) is 11.5 Å². The average Bonchev–Trinajstić information content (AvgIpc) is 2.89. The van der Waals surface area contributed by atoms with Crippen LogP contribution in [0.4, 0.5) is 0 Å². The Balaban J connectivity index is 2.15. The van der Waals surface area contributed by atoms with Gasteiger partial charge in [0, 0.05) is 0 Å². The van der Waals surface area contributed by atoms with Gasteiger partial charge in [0.05, 0.1) is 13.2 Å². The molecule has 0 aliphatic heterocycles. The van der Waals surface area contributed by atoms with E-state index in [0.29, 0.717) is 6.10 Å². The van der Waals surface area contributed by atoms with Crippen LogP contribution in [0.15, 0.2) is 24.3 Å². The van der Waals surface area contributed by atoms with Gasteiger partial charge in [-0.15, -0.1) is 0 Å². The van der Waals surface area contributed by atoms with Crippen molar-refractivity contribution in [1.82, 2.24) is 0 Å². The quantitative estimate of drug-likeness (QED) is 0.764. The maximum absolute atomic E-state index is 6.06. The highest BCUT2D eigenvalue weighted by molar-refractivity contribution is 5.55. The minimum absolute atomic E-state index is 0.365. The van der Waals surface area contributed by atoms with E-state index in [1.807, 2.05) is 6.07 Å². The van der Waals surface area contributed by atoms with E-state index in [0.717, 1.165) is 30.8 Å². The number of hydrogen-bond donors (Lipinski definition) is 0. The van der Waals surface area contributed by atoms with Crippen LogP contribution in [0.5, 0.6) is 11.5 Å². The van der Waals surface area contributed by atoms with Gasteiger partial charge in [-0.2, -0.15) is 0 Å². The van der Waals surface area contributed by atoms with E-state index in [2.05, 4.69) is 31.2 Å². The number of ether oxygens (including phenoxy) is 2. The molecule has 0 saturated heterocycles. The number of allylic oxidation sites excluding steroid dienone is 1. The summed E-state index contributed by atoms with van der Waals surface area (Å²) in [6, 6.07) is 6.12. The highest BCUT2D eigenvalue weighted by atomic mass is 16.5. The molecular formula is C16H22O2. The van der Waals surface area contributed by atoms with Gasteiger partial charge in [-0.1, -0.05) is 25.1 Å². The van der Waals surface area contributed by atoms with Gasteiger partial charge in [-0.25, -0.2) is 0 Å². The smallest absolute Gasteiger partial charge is 0.162 e. The van der Waals surface area contributed by atoms with Crippen molar-refractivity contribution in [1.29, 1.82) is 0 Å². The predicted octanol–water partition coefficient (Wildman–Crippen LogP) is 4.44. The van der Waals surface area contributed by atoms with Crippen molar-refractivity contribution >= 4 is 6.08 Å². The van der Waals surface area contributed by atoms with Crippen LogP contribution in [0.25, 0.3) is 6.08 Å². The van der Waals surface area contributed by atoms with E-state index in [1.54, 1.807) is 7.11 Å². The third kappa shape index (κ3) is 3.28. The lowest BCUT2D eigenvalue weighted by Gasteiger charge is -2.16. The van der Waals surface area contributed by atoms with Crippen molar-refractivity contribution < 1.29 is 9.47 Å². The minimum atomic E-state index is 0.365. The van der Waals surface area contributed by atoms with Crippen LogP contribution in [0.3, 0.4) is 0 Å². The molecule has 2 rings (SSSR count). The number of hydrogen-bond acceptors (Lipinski definition) is 2. The molecule has 0 unspecified atom stereocenters. The molecular weight excluding hydrogens is 224 g/mol. The van der Waals surface area contributed by atoms with E-state index in [4.69, 9.17) is 9.47 Å². The highest BCUT2D eigenvalue weighted by Crippen LogP contribution is 2.32. The molecule has 2 heteroatoms. The molecule has 0 amide bonds. The molecule has 1 aromatic rings. The summed E-state index contributed by atoms with van der Waals surface area (Å²) in [4.78, 5) is 0. The Hall–Kier alpha value is -1.44. The zero-order valence-electron chi connectivity index (χ0n) is 11.3. The van der Waals surface area contributed by atoms with Gasteiger partial charge in [-0.05, 0) is 49.8 Å². The third-order valence-electron chi connectivity index (χ3n) is 3.33. The molecule has 2 nitrogen and oxygen atoms in total. The van der Waals surface area contributed by atoms with E-state index >= 15 is 0 Å². The van der Waals surface area contributed by atoms with Gasteiger partial charge in [0.25, 0.3) is 0 Å². The molecule has 1 aliphatic carbocycles. The third-order valence-corrected chi connectivity index (χ3v) is 3.33. The first kappa shape index (κ1) is 13.0. The zero-order valence-corrected chi connectivity index (χ0v) is 11.3. The summed E-state index contributed by atoms with van der Waals surface area (Å²) in [6.07, 6.45) is 10.6. The van der Waals surface area contributed by atoms with Crippen LogP contribution < -0.4 is 9.47 Å². The summed E-state index contributed by atoms with van der Waals surface area (Å²) in [5.41, 5.74) is 1.17. The molecule has 0 atom stereocenters. The van der Waals surface area contributed by atoms with Crippen LogP contribution in [-0.2, 0) is 0 Å². The summed E-state index contributed by atoms with van der Waals surface area (Å²) in [5.74, 6) is 1.71. The van der Waals surface area contributed by atoms with Crippen LogP contribution in [0.2, 0.25) is 0 Å². The van der Waals surface area contributed by atoms with Crippen molar-refractivity contribution in [3.8, 4) is 11.5 Å². The molecule has 18 heavy (non-hydrogen) atoms. The summed E-state index contributed by atoms with van der Waals surface area (Å²) < 4.78 is 11.4. The van der Waals surface area contributed by atoms with Gasteiger partial charge in [0.2, 0.25) is 0 Å². The molecule has 0 bridgehead atoms. The standard InChI is InChI=1S/C16H22O2/c1-3-4-7-13-10-11-15(17-2)16(12-13)18-14-8-5-6-9-14/h4,7,10-12,14H,3,5-6,8-9H2,1-2H3/b7-4+. The second-order valence-corrected chi connectivity index (χ2v) is 4.75. The monoisotopic (exact) mass is 246 g/mol. The van der Waals surface area contributed by atoms with Crippen molar-refractivity contribution in [3.63, 3.8) is 0 Å². The fourth-order valence-corrected chi connectivity index (χ4v) is 2.33. The van der Waals surface area contributed by atoms with Crippen LogP contribution >= 0.6 is 0 Å². The highest BCUT2D eigenvalue weighted by Gasteiger charge is 2.18. The van der Waals surface area contributed by atoms with E-state index in [9.17, 15) is 0 Å². The van der Waals surface area contributed by atoms with Crippen LogP contribution in [0.1, 0.15) is 44.6 Å². The second-order valence-electron chi connectivity index (χ2n) is 4.75. The SMILES string of the molecule is CC/C=C/c1ccc(OC)c(OC2CCCC2)c1. The van der Waals surface area contributed by atoms with Gasteiger partial charge in [-0.3, -0.25) is 0 Å². The fourth-order valence-electron chi connectivity index (χ4n) is 2.33. The molecule has 0 radical (unpaired) electrons. The maximum atomic E-state index is 6.06. The minimum Gasteiger partial charge on any atom is -0.493 e. The van der Waals surface area contributed by atoms with E-state index < -0.39 is 0 Å². The first-order chi connectivity index (χ1) is 8.83. The largest absolute Gasteiger partial charge is 0.493 e. The van der Waals surface area contributed by atoms with Crippen molar-refractivity contribution in [3.05, 3.63) is 29.8 Å². The summed E-state index contributed by atoms with van der Waals surface area (Å²) in [5, 5.41) is 0. The number of benzene rings is 1. The molecule has 1 saturated carbocycles. The van der Waals surface area contributed by atoms with Crippen molar-refractivity contribution in [2.45, 2.75) is 45.1 Å². The average molecular weight is 246 g/mol. The number of methoxy groups -OCH3 is 1. The predicted molar refractivity (Wildman–Crippen MR) is 75.2 cm³/mol. The van der Waals surface area contributed by atoms with Crippen LogP contribution in [-0.4, -0.2) is 13.2 Å². The Morgan fingerprint density at radius 2 is 2.00 bits per heavy atom. The Morgan fingerprint density at radius 3 is 2.67 bits per heavy atom. The van der Waals surface area contributed by atoms with E-state index in [-0.39, 0.29) is 0 Å². The van der Waals surface area contributed by atoms with Crippen LogP contribution in [0, 0.1) is 0 Å². The zero-order chi connectivity index (χ0) is 12.8. The lowest BCUT2D eigenvalue weighted by atomic mass is 10.1. The van der Waals surface area contributed by atoms with Gasteiger partial charge >= 0.3 is 0 Å². The molecule has 1 aromatic carbocycles. The normalized spacial score (nSPS) is 16.3. The summed E-state index contributed by atoms with van der Waals surface area (Å²) in [6.45, 7) is 2.13. The summed E-state index contributed by atoms with van der Waals surface area (Å²) in [7, 11) is 1.69. The molecule has 1 fully saturated rings. The first-order valence-corrected chi connectivity index (χ1v) is 6.84. The van der Waals surface area contributed by atoms with Crippen molar-refractivity contribution in [2.75, 3.05) is 7.11 Å². The number of rotatable bonds is 5. The first-order valence-electron chi connectivity index (χ1n) is 6.84. The van der Waals surface area contributed by atoms with Crippen molar-refractivity contribution in [2.24, 2.45) is 0 Å². The Morgan fingerprint density at radius 1 is 1.22 bits per heavy atom. The Kier molecular flexibility index (Phi) is 4.68. The molecule has 0 heterocycles.